The van der Waals surface area contributed by atoms with Gasteiger partial charge in [0, 0.05) is 13.1 Å². The van der Waals surface area contributed by atoms with Gasteiger partial charge in [0.05, 0.1) is 30.5 Å². The van der Waals surface area contributed by atoms with Gasteiger partial charge in [0.15, 0.2) is 0 Å². The van der Waals surface area contributed by atoms with Crippen LogP contribution in [0.25, 0.3) is 0 Å². The maximum atomic E-state index is 12.7. The molecule has 26 heavy (non-hydrogen) atoms. The first-order valence-corrected chi connectivity index (χ1v) is 8.54. The van der Waals surface area contributed by atoms with E-state index in [1.165, 1.54) is 4.90 Å². The van der Waals surface area contributed by atoms with Gasteiger partial charge in [0.25, 0.3) is 0 Å². The molecule has 4 rings (SSSR count). The number of nitrogens with zero attached hydrogens (tertiary/aromatic N) is 2. The van der Waals surface area contributed by atoms with Crippen molar-refractivity contribution >= 4 is 17.9 Å². The van der Waals surface area contributed by atoms with E-state index in [1.54, 1.807) is 4.90 Å². The number of nitrogens with one attached hydrogen (secondary N) is 1. The van der Waals surface area contributed by atoms with Crippen molar-refractivity contribution < 1.29 is 23.9 Å². The van der Waals surface area contributed by atoms with Crippen LogP contribution in [0.5, 0.6) is 0 Å². The van der Waals surface area contributed by atoms with Crippen LogP contribution in [0.15, 0.2) is 41.6 Å². The summed E-state index contributed by atoms with van der Waals surface area (Å²) in [7, 11) is 0. The molecule has 1 N–H and O–H groups in total. The summed E-state index contributed by atoms with van der Waals surface area (Å²) in [6.45, 7) is 1.86. The molecule has 1 unspecified atom stereocenters. The lowest BCUT2D eigenvalue weighted by molar-refractivity contribution is -0.136. The van der Waals surface area contributed by atoms with Gasteiger partial charge in [-0.05, 0) is 5.56 Å². The number of ether oxygens (including phenoxy) is 2. The van der Waals surface area contributed by atoms with Crippen LogP contribution in [-0.2, 0) is 19.1 Å². The Balaban J connectivity index is 1.61. The number of morpholine rings is 1. The Morgan fingerprint density at radius 3 is 2.62 bits per heavy atom. The summed E-state index contributed by atoms with van der Waals surface area (Å²) < 4.78 is 10.4. The standard InChI is InChI=1S/C18H19N3O5/c22-14(20-6-8-25-9-7-20)10-21-13-11-26-17(23)15(13)16(19-18(21)24)12-4-2-1-3-5-12/h1-5,16H,6-11H2,(H,19,24). The molecule has 0 radical (unpaired) electrons. The molecule has 1 aromatic carbocycles. The topological polar surface area (TPSA) is 88.2 Å². The molecule has 0 bridgehead atoms. The largest absolute Gasteiger partial charge is 0.456 e. The molecule has 0 aliphatic carbocycles. The average molecular weight is 357 g/mol. The van der Waals surface area contributed by atoms with Crippen molar-refractivity contribution in [2.24, 2.45) is 0 Å². The lowest BCUT2D eigenvalue weighted by Gasteiger charge is -2.34. The normalized spacial score (nSPS) is 22.8. The Morgan fingerprint density at radius 1 is 1.15 bits per heavy atom. The number of cyclic esters (lactones) is 1. The van der Waals surface area contributed by atoms with Crippen LogP contribution in [0.1, 0.15) is 11.6 Å². The van der Waals surface area contributed by atoms with Gasteiger partial charge in [-0.15, -0.1) is 0 Å². The highest BCUT2D eigenvalue weighted by molar-refractivity contribution is 5.98. The van der Waals surface area contributed by atoms with Crippen LogP contribution < -0.4 is 5.32 Å². The number of urea groups is 1. The van der Waals surface area contributed by atoms with Gasteiger partial charge in [-0.3, -0.25) is 9.69 Å². The van der Waals surface area contributed by atoms with E-state index in [0.29, 0.717) is 37.6 Å². The van der Waals surface area contributed by atoms with E-state index in [-0.39, 0.29) is 19.1 Å². The number of carbonyl (C=O) groups excluding carboxylic acids is 3. The molecule has 3 heterocycles. The number of hydrogen-bond donors (Lipinski definition) is 1. The Kier molecular flexibility index (Phi) is 4.34. The second-order valence-corrected chi connectivity index (χ2v) is 6.31. The zero-order valence-electron chi connectivity index (χ0n) is 14.1. The van der Waals surface area contributed by atoms with Gasteiger partial charge in [0.1, 0.15) is 13.2 Å². The summed E-state index contributed by atoms with van der Waals surface area (Å²) in [5, 5.41) is 2.83. The summed E-state index contributed by atoms with van der Waals surface area (Å²) >= 11 is 0. The van der Waals surface area contributed by atoms with Crippen molar-refractivity contribution in [3.63, 3.8) is 0 Å². The van der Waals surface area contributed by atoms with E-state index in [9.17, 15) is 14.4 Å². The lowest BCUT2D eigenvalue weighted by Crippen LogP contribution is -2.52. The van der Waals surface area contributed by atoms with E-state index in [2.05, 4.69) is 5.32 Å². The fraction of sp³-hybridized carbons (Fsp3) is 0.389. The van der Waals surface area contributed by atoms with Crippen molar-refractivity contribution in [3.05, 3.63) is 47.2 Å². The third-order valence-corrected chi connectivity index (χ3v) is 4.79. The van der Waals surface area contributed by atoms with Gasteiger partial charge in [-0.2, -0.15) is 0 Å². The second kappa shape index (κ2) is 6.80. The van der Waals surface area contributed by atoms with Crippen LogP contribution >= 0.6 is 0 Å². The molecule has 1 aromatic rings. The highest BCUT2D eigenvalue weighted by atomic mass is 16.5. The predicted molar refractivity (Wildman–Crippen MR) is 89.8 cm³/mol. The van der Waals surface area contributed by atoms with Crippen molar-refractivity contribution in [1.29, 1.82) is 0 Å². The number of rotatable bonds is 3. The monoisotopic (exact) mass is 357 g/mol. The van der Waals surface area contributed by atoms with Gasteiger partial charge in [0.2, 0.25) is 5.91 Å². The molecule has 3 aliphatic heterocycles. The zero-order chi connectivity index (χ0) is 18.1. The smallest absolute Gasteiger partial charge is 0.338 e. The molecule has 3 amide bonds. The summed E-state index contributed by atoms with van der Waals surface area (Å²) in [4.78, 5) is 40.4. The van der Waals surface area contributed by atoms with Crippen molar-refractivity contribution in [3.8, 4) is 0 Å². The first-order valence-electron chi connectivity index (χ1n) is 8.54. The molecule has 1 atom stereocenters. The molecular weight excluding hydrogens is 338 g/mol. The molecule has 0 saturated carbocycles. The van der Waals surface area contributed by atoms with Gasteiger partial charge in [-0.25, -0.2) is 9.59 Å². The van der Waals surface area contributed by atoms with Crippen LogP contribution in [0, 0.1) is 0 Å². The maximum Gasteiger partial charge on any atom is 0.338 e. The first-order chi connectivity index (χ1) is 12.6. The number of benzene rings is 1. The minimum absolute atomic E-state index is 0.00130. The average Bonchev–Trinajstić information content (AvgIpc) is 3.07. The van der Waals surface area contributed by atoms with Crippen LogP contribution in [-0.4, -0.2) is 67.2 Å². The predicted octanol–water partition coefficient (Wildman–Crippen LogP) is 0.423. The number of amides is 3. The van der Waals surface area contributed by atoms with E-state index in [0.717, 1.165) is 5.56 Å². The maximum absolute atomic E-state index is 12.7. The zero-order valence-corrected chi connectivity index (χ0v) is 14.1. The molecule has 1 saturated heterocycles. The third-order valence-electron chi connectivity index (χ3n) is 4.79. The van der Waals surface area contributed by atoms with E-state index < -0.39 is 18.0 Å². The molecule has 3 aliphatic rings. The minimum Gasteiger partial charge on any atom is -0.456 e. The van der Waals surface area contributed by atoms with E-state index >= 15 is 0 Å². The van der Waals surface area contributed by atoms with Crippen LogP contribution in [0.3, 0.4) is 0 Å². The number of esters is 1. The first kappa shape index (κ1) is 16.6. The van der Waals surface area contributed by atoms with Crippen molar-refractivity contribution in [2.45, 2.75) is 6.04 Å². The quantitative estimate of drug-likeness (QED) is 0.793. The molecule has 0 aromatic heterocycles. The molecule has 8 heteroatoms. The SMILES string of the molecule is O=C1OCC2=C1C(c1ccccc1)NC(=O)N2CC(=O)N1CCOCC1. The second-order valence-electron chi connectivity index (χ2n) is 6.31. The molecule has 8 nitrogen and oxygen atoms in total. The van der Waals surface area contributed by atoms with Crippen LogP contribution in [0.4, 0.5) is 4.79 Å². The Hall–Kier alpha value is -2.87. The molecule has 136 valence electrons. The van der Waals surface area contributed by atoms with Crippen molar-refractivity contribution in [1.82, 2.24) is 15.1 Å². The van der Waals surface area contributed by atoms with Gasteiger partial charge in [-0.1, -0.05) is 30.3 Å². The van der Waals surface area contributed by atoms with Crippen LogP contribution in [0.2, 0.25) is 0 Å². The highest BCUT2D eigenvalue weighted by Crippen LogP contribution is 2.34. The van der Waals surface area contributed by atoms with Crippen molar-refractivity contribution in [2.75, 3.05) is 39.5 Å². The molecule has 1 fully saturated rings. The fourth-order valence-electron chi connectivity index (χ4n) is 3.42. The van der Waals surface area contributed by atoms with E-state index in [1.807, 2.05) is 30.3 Å². The Bertz CT molecular complexity index is 770. The van der Waals surface area contributed by atoms with Gasteiger partial charge < -0.3 is 19.7 Å². The summed E-state index contributed by atoms with van der Waals surface area (Å²) in [5.74, 6) is -0.634. The summed E-state index contributed by atoms with van der Waals surface area (Å²) in [6, 6.07) is 8.27. The molecular formula is C18H19N3O5. The number of hydrogen-bond acceptors (Lipinski definition) is 5. The highest BCUT2D eigenvalue weighted by Gasteiger charge is 2.43. The summed E-state index contributed by atoms with van der Waals surface area (Å²) in [6.07, 6.45) is 0. The summed E-state index contributed by atoms with van der Waals surface area (Å²) in [5.41, 5.74) is 1.66. The van der Waals surface area contributed by atoms with Gasteiger partial charge >= 0.3 is 12.0 Å². The Labute approximate surface area is 150 Å². The lowest BCUT2D eigenvalue weighted by atomic mass is 9.96. The third kappa shape index (κ3) is 2.92. The number of carbonyl (C=O) groups is 3. The molecule has 0 spiro atoms. The minimum atomic E-state index is -0.566. The van der Waals surface area contributed by atoms with E-state index in [4.69, 9.17) is 9.47 Å². The fourth-order valence-corrected chi connectivity index (χ4v) is 3.42. The Morgan fingerprint density at radius 2 is 1.88 bits per heavy atom.